The predicted octanol–water partition coefficient (Wildman–Crippen LogP) is 4.63. The topological polar surface area (TPSA) is 58.6 Å². The Morgan fingerprint density at radius 1 is 1.00 bits per heavy atom. The Morgan fingerprint density at radius 2 is 1.62 bits per heavy atom. The first kappa shape index (κ1) is 23.8. The molecule has 0 spiro atoms. The molecule has 3 rings (SSSR count). The number of nitrogens with zero attached hydrogens (tertiary/aromatic N) is 1. The van der Waals surface area contributed by atoms with Gasteiger partial charge >= 0.3 is 0 Å². The molecule has 0 radical (unpaired) electrons. The maximum atomic E-state index is 12.6. The van der Waals surface area contributed by atoms with E-state index in [-0.39, 0.29) is 17.9 Å². The lowest BCUT2D eigenvalue weighted by Crippen LogP contribution is -2.49. The third kappa shape index (κ3) is 6.84. The number of benzene rings is 2. The molecule has 1 heterocycles. The molecule has 1 N–H and O–H groups in total. The van der Waals surface area contributed by atoms with E-state index in [1.54, 1.807) is 6.92 Å². The van der Waals surface area contributed by atoms with E-state index >= 15 is 0 Å². The minimum atomic E-state index is -0.561. The summed E-state index contributed by atoms with van der Waals surface area (Å²) < 4.78 is 5.82. The van der Waals surface area contributed by atoms with Gasteiger partial charge in [-0.05, 0) is 62.3 Å². The van der Waals surface area contributed by atoms with Crippen molar-refractivity contribution in [2.75, 3.05) is 13.1 Å². The fraction of sp³-hybridized carbons (Fsp3) is 0.481. The third-order valence-corrected chi connectivity index (χ3v) is 6.17. The number of ether oxygens (including phenoxy) is 1. The average molecular weight is 437 g/mol. The van der Waals surface area contributed by atoms with Crippen LogP contribution in [0.3, 0.4) is 0 Å². The Labute approximate surface area is 192 Å². The summed E-state index contributed by atoms with van der Waals surface area (Å²) in [4.78, 5) is 27.1. The summed E-state index contributed by atoms with van der Waals surface area (Å²) in [6, 6.07) is 16.3. The van der Waals surface area contributed by atoms with Crippen molar-refractivity contribution in [1.82, 2.24) is 10.2 Å². The zero-order chi connectivity index (χ0) is 23.1. The van der Waals surface area contributed by atoms with E-state index < -0.39 is 6.10 Å². The number of piperidine rings is 1. The van der Waals surface area contributed by atoms with Crippen LogP contribution in [0.15, 0.2) is 48.5 Å². The SMILES string of the molecule is Cc1ccc(CCC(=O)N2CCC(NC(=O)C(C)Oc3ccc(C(C)C)cc3)CC2)cc1. The second kappa shape index (κ2) is 11.2. The quantitative estimate of drug-likeness (QED) is 0.657. The number of likely N-dealkylation sites (tertiary alicyclic amines) is 1. The maximum Gasteiger partial charge on any atom is 0.260 e. The van der Waals surface area contributed by atoms with Crippen molar-refractivity contribution in [1.29, 1.82) is 0 Å². The molecule has 5 heteroatoms. The van der Waals surface area contributed by atoms with Gasteiger partial charge in [-0.3, -0.25) is 9.59 Å². The van der Waals surface area contributed by atoms with E-state index in [1.165, 1.54) is 16.7 Å². The molecule has 1 aliphatic rings. The van der Waals surface area contributed by atoms with Gasteiger partial charge in [0.15, 0.2) is 6.10 Å². The van der Waals surface area contributed by atoms with E-state index in [4.69, 9.17) is 4.74 Å². The highest BCUT2D eigenvalue weighted by Gasteiger charge is 2.25. The summed E-state index contributed by atoms with van der Waals surface area (Å²) in [5.41, 5.74) is 3.67. The number of amides is 2. The molecule has 2 aromatic carbocycles. The van der Waals surface area contributed by atoms with Crippen molar-refractivity contribution in [2.24, 2.45) is 0 Å². The molecule has 0 aromatic heterocycles. The first-order chi connectivity index (χ1) is 15.3. The zero-order valence-electron chi connectivity index (χ0n) is 19.8. The zero-order valence-corrected chi connectivity index (χ0v) is 19.8. The van der Waals surface area contributed by atoms with Gasteiger partial charge in [0, 0.05) is 25.6 Å². The van der Waals surface area contributed by atoms with E-state index in [9.17, 15) is 9.59 Å². The molecule has 5 nitrogen and oxygen atoms in total. The summed E-state index contributed by atoms with van der Waals surface area (Å²) in [7, 11) is 0. The third-order valence-electron chi connectivity index (χ3n) is 6.17. The molecule has 2 aromatic rings. The molecule has 1 unspecified atom stereocenters. The summed E-state index contributed by atoms with van der Waals surface area (Å²) in [6.45, 7) is 9.50. The number of carbonyl (C=O) groups is 2. The fourth-order valence-corrected chi connectivity index (χ4v) is 3.94. The predicted molar refractivity (Wildman–Crippen MR) is 128 cm³/mol. The van der Waals surface area contributed by atoms with Crippen LogP contribution in [-0.2, 0) is 16.0 Å². The van der Waals surface area contributed by atoms with Crippen LogP contribution < -0.4 is 10.1 Å². The van der Waals surface area contributed by atoms with Gasteiger partial charge in [0.2, 0.25) is 5.91 Å². The van der Waals surface area contributed by atoms with Crippen molar-refractivity contribution in [3.63, 3.8) is 0 Å². The van der Waals surface area contributed by atoms with Crippen LogP contribution in [0.25, 0.3) is 0 Å². The number of hydrogen-bond acceptors (Lipinski definition) is 3. The number of carbonyl (C=O) groups excluding carboxylic acids is 2. The monoisotopic (exact) mass is 436 g/mol. The van der Waals surface area contributed by atoms with E-state index in [0.29, 0.717) is 31.2 Å². The van der Waals surface area contributed by atoms with Gasteiger partial charge in [-0.2, -0.15) is 0 Å². The molecule has 2 amide bonds. The van der Waals surface area contributed by atoms with Crippen molar-refractivity contribution in [3.05, 3.63) is 65.2 Å². The molecule has 1 atom stereocenters. The molecule has 0 bridgehead atoms. The van der Waals surface area contributed by atoms with Crippen LogP contribution >= 0.6 is 0 Å². The highest BCUT2D eigenvalue weighted by Crippen LogP contribution is 2.20. The lowest BCUT2D eigenvalue weighted by atomic mass is 10.0. The van der Waals surface area contributed by atoms with Crippen LogP contribution in [0.5, 0.6) is 5.75 Å². The van der Waals surface area contributed by atoms with Crippen LogP contribution in [0.4, 0.5) is 0 Å². The van der Waals surface area contributed by atoms with Crippen molar-refractivity contribution < 1.29 is 14.3 Å². The minimum Gasteiger partial charge on any atom is -0.481 e. The van der Waals surface area contributed by atoms with E-state index in [2.05, 4.69) is 50.4 Å². The first-order valence-electron chi connectivity index (χ1n) is 11.7. The highest BCUT2D eigenvalue weighted by molar-refractivity contribution is 5.81. The second-order valence-corrected chi connectivity index (χ2v) is 9.13. The van der Waals surface area contributed by atoms with Gasteiger partial charge in [-0.1, -0.05) is 55.8 Å². The van der Waals surface area contributed by atoms with E-state index in [1.807, 2.05) is 29.2 Å². The summed E-state index contributed by atoms with van der Waals surface area (Å²) >= 11 is 0. The molecule has 1 aliphatic heterocycles. The molecule has 32 heavy (non-hydrogen) atoms. The van der Waals surface area contributed by atoms with Gasteiger partial charge < -0.3 is 15.0 Å². The van der Waals surface area contributed by atoms with E-state index in [0.717, 1.165) is 19.3 Å². The molecular formula is C27H36N2O3. The van der Waals surface area contributed by atoms with Crippen molar-refractivity contribution in [2.45, 2.75) is 71.4 Å². The number of rotatable bonds is 8. The maximum absolute atomic E-state index is 12.6. The number of hydrogen-bond donors (Lipinski definition) is 1. The number of nitrogens with one attached hydrogen (secondary N) is 1. The first-order valence-corrected chi connectivity index (χ1v) is 11.7. The Kier molecular flexibility index (Phi) is 8.32. The van der Waals surface area contributed by atoms with Gasteiger partial charge in [0.25, 0.3) is 5.91 Å². The molecule has 1 saturated heterocycles. The number of aryl methyl sites for hydroxylation is 2. The highest BCUT2D eigenvalue weighted by atomic mass is 16.5. The van der Waals surface area contributed by atoms with Gasteiger partial charge in [-0.15, -0.1) is 0 Å². The Balaban J connectivity index is 1.39. The summed E-state index contributed by atoms with van der Waals surface area (Å²) in [5, 5.41) is 3.09. The molecule has 1 fully saturated rings. The Bertz CT molecular complexity index is 882. The molecular weight excluding hydrogens is 400 g/mol. The standard InChI is InChI=1S/C27H36N2O3/c1-19(2)23-10-12-25(13-11-23)32-21(4)27(31)28-24-15-17-29(18-16-24)26(30)14-9-22-7-5-20(3)6-8-22/h5-8,10-13,19,21,24H,9,14-18H2,1-4H3,(H,28,31). The summed E-state index contributed by atoms with van der Waals surface area (Å²) in [6.07, 6.45) is 2.29. The van der Waals surface area contributed by atoms with Gasteiger partial charge in [-0.25, -0.2) is 0 Å². The van der Waals surface area contributed by atoms with Crippen LogP contribution in [0, 0.1) is 6.92 Å². The molecule has 0 aliphatic carbocycles. The van der Waals surface area contributed by atoms with Crippen molar-refractivity contribution in [3.8, 4) is 5.75 Å². The minimum absolute atomic E-state index is 0.0815. The fourth-order valence-electron chi connectivity index (χ4n) is 3.94. The van der Waals surface area contributed by atoms with Crippen LogP contribution in [0.1, 0.15) is 62.6 Å². The Morgan fingerprint density at radius 3 is 2.22 bits per heavy atom. The second-order valence-electron chi connectivity index (χ2n) is 9.13. The van der Waals surface area contributed by atoms with Gasteiger partial charge in [0.1, 0.15) is 5.75 Å². The van der Waals surface area contributed by atoms with Crippen molar-refractivity contribution >= 4 is 11.8 Å². The van der Waals surface area contributed by atoms with Gasteiger partial charge in [0.05, 0.1) is 0 Å². The lowest BCUT2D eigenvalue weighted by molar-refractivity contribution is -0.132. The smallest absolute Gasteiger partial charge is 0.260 e. The van der Waals surface area contributed by atoms with Crippen LogP contribution in [0.2, 0.25) is 0 Å². The van der Waals surface area contributed by atoms with Crippen LogP contribution in [-0.4, -0.2) is 41.9 Å². The lowest BCUT2D eigenvalue weighted by Gasteiger charge is -2.33. The normalized spacial score (nSPS) is 15.5. The molecule has 172 valence electrons. The Hall–Kier alpha value is -2.82. The average Bonchev–Trinajstić information content (AvgIpc) is 2.79. The molecule has 0 saturated carbocycles. The summed E-state index contributed by atoms with van der Waals surface area (Å²) in [5.74, 6) is 1.25. The largest absolute Gasteiger partial charge is 0.481 e.